The summed E-state index contributed by atoms with van der Waals surface area (Å²) in [6, 6.07) is 11.5. The molecular weight excluding hydrogens is 533 g/mol. The summed E-state index contributed by atoms with van der Waals surface area (Å²) < 4.78 is 26.5. The van der Waals surface area contributed by atoms with Crippen LogP contribution in [0.5, 0.6) is 0 Å². The van der Waals surface area contributed by atoms with Crippen molar-refractivity contribution in [2.24, 2.45) is 0 Å². The van der Waals surface area contributed by atoms with Gasteiger partial charge >= 0.3 is 0 Å². The fraction of sp³-hybridized carbons (Fsp3) is 0.481. The van der Waals surface area contributed by atoms with Crippen molar-refractivity contribution in [3.8, 4) is 0 Å². The number of carbonyl (C=O) groups is 2. The largest absolute Gasteiger partial charge is 0.352 e. The molecule has 1 fully saturated rings. The Balaban J connectivity index is 1.93. The van der Waals surface area contributed by atoms with Crippen LogP contribution in [0.4, 0.5) is 5.69 Å². The molecule has 0 saturated heterocycles. The zero-order chi connectivity index (χ0) is 27.2. The predicted molar refractivity (Wildman–Crippen MR) is 149 cm³/mol. The summed E-state index contributed by atoms with van der Waals surface area (Å²) >= 11 is 12.4. The highest BCUT2D eigenvalue weighted by Gasteiger charge is 2.33. The van der Waals surface area contributed by atoms with Crippen LogP contribution in [0.2, 0.25) is 10.0 Å². The standard InChI is InChI=1S/C27H35Cl2N3O4S/c1-4-24(27(34)30-22-8-6-5-7-9-22)31(17-20-12-10-19(2)11-13-20)26(33)18-32(37(3,35)36)25-16-21(28)14-15-23(25)29/h10-16,22,24H,4-9,17-18H2,1-3H3,(H,30,34)/t24-/m1/s1. The van der Waals surface area contributed by atoms with Crippen molar-refractivity contribution in [2.75, 3.05) is 17.1 Å². The molecule has 3 rings (SSSR count). The second-order valence-corrected chi connectivity index (χ2v) is 12.4. The summed E-state index contributed by atoms with van der Waals surface area (Å²) in [5.41, 5.74) is 2.03. The highest BCUT2D eigenvalue weighted by molar-refractivity contribution is 7.92. The van der Waals surface area contributed by atoms with Gasteiger partial charge in [0.05, 0.1) is 17.0 Å². The first kappa shape index (κ1) is 29.3. The van der Waals surface area contributed by atoms with Crippen molar-refractivity contribution in [3.05, 3.63) is 63.6 Å². The number of benzene rings is 2. The monoisotopic (exact) mass is 567 g/mol. The number of hydrogen-bond acceptors (Lipinski definition) is 4. The minimum Gasteiger partial charge on any atom is -0.352 e. The Morgan fingerprint density at radius 3 is 2.30 bits per heavy atom. The van der Waals surface area contributed by atoms with Gasteiger partial charge in [-0.2, -0.15) is 0 Å². The zero-order valence-electron chi connectivity index (χ0n) is 21.5. The van der Waals surface area contributed by atoms with Gasteiger partial charge in [-0.3, -0.25) is 13.9 Å². The van der Waals surface area contributed by atoms with Gasteiger partial charge in [-0.1, -0.05) is 79.2 Å². The highest BCUT2D eigenvalue weighted by Crippen LogP contribution is 2.31. The van der Waals surface area contributed by atoms with Crippen molar-refractivity contribution in [1.29, 1.82) is 0 Å². The molecule has 37 heavy (non-hydrogen) atoms. The number of halogens is 2. The minimum atomic E-state index is -3.90. The average Bonchev–Trinajstić information content (AvgIpc) is 2.85. The normalized spacial score (nSPS) is 15.2. The Labute approximate surface area is 230 Å². The van der Waals surface area contributed by atoms with E-state index in [0.29, 0.717) is 6.42 Å². The average molecular weight is 569 g/mol. The molecule has 7 nitrogen and oxygen atoms in total. The van der Waals surface area contributed by atoms with Crippen LogP contribution in [-0.2, 0) is 26.2 Å². The highest BCUT2D eigenvalue weighted by atomic mass is 35.5. The topological polar surface area (TPSA) is 86.8 Å². The first-order valence-corrected chi connectivity index (χ1v) is 15.2. The summed E-state index contributed by atoms with van der Waals surface area (Å²) in [5.74, 6) is -0.728. The van der Waals surface area contributed by atoms with Crippen LogP contribution in [0, 0.1) is 6.92 Å². The van der Waals surface area contributed by atoms with Crippen molar-refractivity contribution in [3.63, 3.8) is 0 Å². The zero-order valence-corrected chi connectivity index (χ0v) is 23.9. The molecule has 2 aromatic rings. The van der Waals surface area contributed by atoms with Gasteiger partial charge in [0.2, 0.25) is 21.8 Å². The summed E-state index contributed by atoms with van der Waals surface area (Å²) in [6.07, 6.45) is 6.53. The van der Waals surface area contributed by atoms with Crippen LogP contribution in [0.15, 0.2) is 42.5 Å². The molecule has 0 radical (unpaired) electrons. The van der Waals surface area contributed by atoms with Gasteiger partial charge in [0, 0.05) is 17.6 Å². The maximum absolute atomic E-state index is 13.8. The van der Waals surface area contributed by atoms with Crippen LogP contribution in [0.3, 0.4) is 0 Å². The lowest BCUT2D eigenvalue weighted by molar-refractivity contribution is -0.140. The Bertz CT molecular complexity index is 1200. The Hall–Kier alpha value is -2.29. The number of nitrogens with one attached hydrogen (secondary N) is 1. The molecule has 0 spiro atoms. The van der Waals surface area contributed by atoms with Gasteiger partial charge in [-0.25, -0.2) is 8.42 Å². The van der Waals surface area contributed by atoms with E-state index in [1.165, 1.54) is 17.0 Å². The molecule has 0 aromatic heterocycles. The van der Waals surface area contributed by atoms with E-state index in [1.807, 2.05) is 38.1 Å². The molecule has 1 aliphatic carbocycles. The number of carbonyl (C=O) groups excluding carboxylic acids is 2. The summed E-state index contributed by atoms with van der Waals surface area (Å²) in [5, 5.41) is 3.56. The van der Waals surface area contributed by atoms with Gasteiger partial charge in [-0.15, -0.1) is 0 Å². The Morgan fingerprint density at radius 2 is 1.70 bits per heavy atom. The molecule has 0 heterocycles. The lowest BCUT2D eigenvalue weighted by Gasteiger charge is -2.34. The fourth-order valence-corrected chi connectivity index (χ4v) is 5.92. The maximum atomic E-state index is 13.8. The number of aryl methyl sites for hydroxylation is 1. The molecule has 0 unspecified atom stereocenters. The minimum absolute atomic E-state index is 0.0874. The van der Waals surface area contributed by atoms with Crippen LogP contribution in [0.25, 0.3) is 0 Å². The van der Waals surface area contributed by atoms with Gasteiger partial charge in [0.15, 0.2) is 0 Å². The van der Waals surface area contributed by atoms with E-state index in [-0.39, 0.29) is 34.2 Å². The lowest BCUT2D eigenvalue weighted by Crippen LogP contribution is -2.54. The van der Waals surface area contributed by atoms with Gasteiger partial charge in [0.1, 0.15) is 12.6 Å². The van der Waals surface area contributed by atoms with Crippen molar-refractivity contribution >= 4 is 50.7 Å². The van der Waals surface area contributed by atoms with Crippen LogP contribution >= 0.6 is 23.2 Å². The molecular formula is C27H35Cl2N3O4S. The van der Waals surface area contributed by atoms with E-state index in [0.717, 1.165) is 53.8 Å². The van der Waals surface area contributed by atoms with Crippen LogP contribution in [-0.4, -0.2) is 50.0 Å². The third-order valence-corrected chi connectivity index (χ3v) is 8.35. The van der Waals surface area contributed by atoms with E-state index in [1.54, 1.807) is 6.07 Å². The summed E-state index contributed by atoms with van der Waals surface area (Å²) in [6.45, 7) is 3.47. The van der Waals surface area contributed by atoms with Gasteiger partial charge in [-0.05, 0) is 49.9 Å². The predicted octanol–water partition coefficient (Wildman–Crippen LogP) is 5.32. The molecule has 1 aliphatic rings. The van der Waals surface area contributed by atoms with Gasteiger partial charge < -0.3 is 10.2 Å². The fourth-order valence-electron chi connectivity index (χ4n) is 4.63. The molecule has 10 heteroatoms. The number of nitrogens with zero attached hydrogens (tertiary/aromatic N) is 2. The first-order chi connectivity index (χ1) is 17.5. The number of sulfonamides is 1. The third-order valence-electron chi connectivity index (χ3n) is 6.67. The molecule has 1 saturated carbocycles. The molecule has 0 bridgehead atoms. The van der Waals surface area contributed by atoms with Crippen LogP contribution < -0.4 is 9.62 Å². The van der Waals surface area contributed by atoms with E-state index in [4.69, 9.17) is 23.2 Å². The van der Waals surface area contributed by atoms with Crippen molar-refractivity contribution < 1.29 is 18.0 Å². The number of rotatable bonds is 10. The molecule has 202 valence electrons. The van der Waals surface area contributed by atoms with E-state index < -0.39 is 28.5 Å². The second-order valence-electron chi connectivity index (χ2n) is 9.64. The summed E-state index contributed by atoms with van der Waals surface area (Å²) in [7, 11) is -3.90. The maximum Gasteiger partial charge on any atom is 0.244 e. The van der Waals surface area contributed by atoms with Gasteiger partial charge in [0.25, 0.3) is 0 Å². The Kier molecular flexibility index (Phi) is 10.3. The van der Waals surface area contributed by atoms with E-state index in [9.17, 15) is 18.0 Å². The number of anilines is 1. The quantitative estimate of drug-likeness (QED) is 0.420. The molecule has 2 amide bonds. The number of hydrogen-bond donors (Lipinski definition) is 1. The summed E-state index contributed by atoms with van der Waals surface area (Å²) in [4.78, 5) is 28.7. The Morgan fingerprint density at radius 1 is 1.05 bits per heavy atom. The smallest absolute Gasteiger partial charge is 0.244 e. The number of amides is 2. The van der Waals surface area contributed by atoms with E-state index in [2.05, 4.69) is 5.32 Å². The van der Waals surface area contributed by atoms with Crippen LogP contribution in [0.1, 0.15) is 56.6 Å². The van der Waals surface area contributed by atoms with E-state index >= 15 is 0 Å². The molecule has 0 aliphatic heterocycles. The van der Waals surface area contributed by atoms with Crippen molar-refractivity contribution in [1.82, 2.24) is 10.2 Å². The lowest BCUT2D eigenvalue weighted by atomic mass is 9.95. The molecule has 2 aromatic carbocycles. The second kappa shape index (κ2) is 13.0. The molecule has 1 atom stereocenters. The molecule has 1 N–H and O–H groups in total. The van der Waals surface area contributed by atoms with Crippen molar-refractivity contribution in [2.45, 2.75) is 71.0 Å². The first-order valence-electron chi connectivity index (χ1n) is 12.6. The third kappa shape index (κ3) is 8.09. The SMILES string of the molecule is CC[C@H](C(=O)NC1CCCCC1)N(Cc1ccc(C)cc1)C(=O)CN(c1cc(Cl)ccc1Cl)S(C)(=O)=O.